The van der Waals surface area contributed by atoms with Gasteiger partial charge in [0.15, 0.2) is 17.4 Å². The molecule has 2 aliphatic rings. The molecule has 1 atom stereocenters. The summed E-state index contributed by atoms with van der Waals surface area (Å²) in [5, 5.41) is 4.05. The predicted molar refractivity (Wildman–Crippen MR) is 91.6 cm³/mol. The molecule has 0 spiro atoms. The summed E-state index contributed by atoms with van der Waals surface area (Å²) in [4.78, 5) is 19.0. The summed E-state index contributed by atoms with van der Waals surface area (Å²) < 4.78 is 24.2. The zero-order valence-corrected chi connectivity index (χ0v) is 14.8. The first-order valence-corrected chi connectivity index (χ1v) is 9.09. The van der Waals surface area contributed by atoms with Gasteiger partial charge in [0.05, 0.1) is 7.11 Å². The molecule has 1 saturated heterocycles. The Balaban J connectivity index is 1.40. The van der Waals surface area contributed by atoms with Crippen molar-refractivity contribution in [2.75, 3.05) is 20.2 Å². The van der Waals surface area contributed by atoms with E-state index >= 15 is 0 Å². The Bertz CT molecular complexity index is 803. The topological polar surface area (TPSA) is 68.5 Å². The molecule has 7 heteroatoms. The third kappa shape index (κ3) is 3.57. The molecule has 26 heavy (non-hydrogen) atoms. The molecule has 6 nitrogen and oxygen atoms in total. The fourth-order valence-electron chi connectivity index (χ4n) is 3.50. The molecule has 1 aliphatic carbocycles. The SMILES string of the molecule is COc1ccc(C(=O)N2CCC[C@@H](Cc3nc(C4CC4)no3)C2)cc1F. The van der Waals surface area contributed by atoms with Crippen molar-refractivity contribution in [3.8, 4) is 5.75 Å². The number of amides is 1. The number of benzene rings is 1. The highest BCUT2D eigenvalue weighted by molar-refractivity contribution is 5.94. The number of rotatable bonds is 5. The van der Waals surface area contributed by atoms with Crippen LogP contribution in [-0.4, -0.2) is 41.1 Å². The lowest BCUT2D eigenvalue weighted by molar-refractivity contribution is 0.0667. The summed E-state index contributed by atoms with van der Waals surface area (Å²) in [6.07, 6.45) is 4.90. The van der Waals surface area contributed by atoms with E-state index in [9.17, 15) is 9.18 Å². The minimum atomic E-state index is -0.523. The normalized spacial score (nSPS) is 20.2. The van der Waals surface area contributed by atoms with E-state index in [-0.39, 0.29) is 17.6 Å². The summed E-state index contributed by atoms with van der Waals surface area (Å²) in [5.74, 6) is 1.69. The number of piperidine rings is 1. The van der Waals surface area contributed by atoms with E-state index in [2.05, 4.69) is 10.1 Å². The molecule has 4 rings (SSSR count). The number of nitrogens with zero attached hydrogens (tertiary/aromatic N) is 3. The van der Waals surface area contributed by atoms with E-state index in [1.165, 1.54) is 19.2 Å². The second-order valence-corrected chi connectivity index (χ2v) is 7.13. The lowest BCUT2D eigenvalue weighted by atomic mass is 9.94. The Kier molecular flexibility index (Phi) is 4.61. The van der Waals surface area contributed by atoms with Crippen LogP contribution in [0.1, 0.15) is 53.7 Å². The predicted octanol–water partition coefficient (Wildman–Crippen LogP) is 3.19. The molecule has 1 aromatic carbocycles. The van der Waals surface area contributed by atoms with Gasteiger partial charge in [-0.2, -0.15) is 4.98 Å². The number of methoxy groups -OCH3 is 1. The van der Waals surface area contributed by atoms with Crippen LogP contribution in [0.3, 0.4) is 0 Å². The van der Waals surface area contributed by atoms with Gasteiger partial charge in [-0.05, 0) is 49.8 Å². The average molecular weight is 359 g/mol. The minimum Gasteiger partial charge on any atom is -0.494 e. The summed E-state index contributed by atoms with van der Waals surface area (Å²) in [6.45, 7) is 1.30. The maximum absolute atomic E-state index is 13.9. The van der Waals surface area contributed by atoms with Crippen molar-refractivity contribution >= 4 is 5.91 Å². The highest BCUT2D eigenvalue weighted by Gasteiger charge is 2.30. The lowest BCUT2D eigenvalue weighted by Gasteiger charge is -2.32. The quantitative estimate of drug-likeness (QED) is 0.820. The van der Waals surface area contributed by atoms with E-state index in [0.717, 1.165) is 31.5 Å². The second kappa shape index (κ2) is 7.05. The van der Waals surface area contributed by atoms with Crippen molar-refractivity contribution in [2.24, 2.45) is 5.92 Å². The number of hydrogen-bond donors (Lipinski definition) is 0. The van der Waals surface area contributed by atoms with Crippen LogP contribution in [0.2, 0.25) is 0 Å². The first-order valence-electron chi connectivity index (χ1n) is 9.09. The van der Waals surface area contributed by atoms with Crippen molar-refractivity contribution in [1.29, 1.82) is 0 Å². The van der Waals surface area contributed by atoms with Crippen molar-refractivity contribution in [2.45, 2.75) is 38.0 Å². The van der Waals surface area contributed by atoms with E-state index in [1.54, 1.807) is 11.0 Å². The van der Waals surface area contributed by atoms with Crippen LogP contribution < -0.4 is 4.74 Å². The number of carbonyl (C=O) groups is 1. The molecular weight excluding hydrogens is 337 g/mol. The van der Waals surface area contributed by atoms with E-state index in [4.69, 9.17) is 9.26 Å². The summed E-state index contributed by atoms with van der Waals surface area (Å²) in [6, 6.07) is 4.33. The van der Waals surface area contributed by atoms with Crippen LogP contribution in [0.5, 0.6) is 5.75 Å². The Hall–Kier alpha value is -2.44. The van der Waals surface area contributed by atoms with Crippen LogP contribution >= 0.6 is 0 Å². The highest BCUT2D eigenvalue weighted by Crippen LogP contribution is 2.38. The van der Waals surface area contributed by atoms with Crippen molar-refractivity contribution in [3.05, 3.63) is 41.3 Å². The van der Waals surface area contributed by atoms with Gasteiger partial charge >= 0.3 is 0 Å². The van der Waals surface area contributed by atoms with Crippen LogP contribution in [-0.2, 0) is 6.42 Å². The van der Waals surface area contributed by atoms with Crippen molar-refractivity contribution in [1.82, 2.24) is 15.0 Å². The van der Waals surface area contributed by atoms with E-state index in [0.29, 0.717) is 36.9 Å². The van der Waals surface area contributed by atoms with Gasteiger partial charge in [0.2, 0.25) is 5.89 Å². The summed E-state index contributed by atoms with van der Waals surface area (Å²) in [7, 11) is 1.40. The Labute approximate surface area is 151 Å². The van der Waals surface area contributed by atoms with E-state index in [1.807, 2.05) is 0 Å². The van der Waals surface area contributed by atoms with Gasteiger partial charge < -0.3 is 14.2 Å². The molecule has 1 saturated carbocycles. The van der Waals surface area contributed by atoms with Crippen LogP contribution in [0.25, 0.3) is 0 Å². The highest BCUT2D eigenvalue weighted by atomic mass is 19.1. The number of ether oxygens (including phenoxy) is 1. The van der Waals surface area contributed by atoms with Gasteiger partial charge in [-0.25, -0.2) is 4.39 Å². The molecule has 0 N–H and O–H groups in total. The molecular formula is C19H22FN3O3. The monoisotopic (exact) mass is 359 g/mol. The zero-order chi connectivity index (χ0) is 18.1. The maximum atomic E-state index is 13.9. The molecule has 0 unspecified atom stereocenters. The van der Waals surface area contributed by atoms with Gasteiger partial charge in [-0.15, -0.1) is 0 Å². The molecule has 2 aromatic rings. The molecule has 138 valence electrons. The Morgan fingerprint density at radius 1 is 1.38 bits per heavy atom. The second-order valence-electron chi connectivity index (χ2n) is 7.13. The number of carbonyl (C=O) groups excluding carboxylic acids is 1. The van der Waals surface area contributed by atoms with E-state index < -0.39 is 5.82 Å². The number of halogens is 1. The van der Waals surface area contributed by atoms with Gasteiger partial charge in [-0.1, -0.05) is 5.16 Å². The van der Waals surface area contributed by atoms with Crippen molar-refractivity contribution in [3.63, 3.8) is 0 Å². The molecule has 2 heterocycles. The van der Waals surface area contributed by atoms with Crippen molar-refractivity contribution < 1.29 is 18.4 Å². The Morgan fingerprint density at radius 3 is 2.96 bits per heavy atom. The van der Waals surface area contributed by atoms with Crippen LogP contribution in [0.4, 0.5) is 4.39 Å². The average Bonchev–Trinajstić information content (AvgIpc) is 3.41. The molecule has 1 aliphatic heterocycles. The molecule has 1 amide bonds. The first-order chi connectivity index (χ1) is 12.6. The van der Waals surface area contributed by atoms with Gasteiger partial charge in [0.25, 0.3) is 5.91 Å². The number of likely N-dealkylation sites (tertiary alicyclic amines) is 1. The van der Waals surface area contributed by atoms with Crippen LogP contribution in [0, 0.1) is 11.7 Å². The molecule has 0 radical (unpaired) electrons. The third-order valence-corrected chi connectivity index (χ3v) is 5.09. The molecule has 1 aromatic heterocycles. The molecule has 2 fully saturated rings. The third-order valence-electron chi connectivity index (χ3n) is 5.09. The number of aromatic nitrogens is 2. The largest absolute Gasteiger partial charge is 0.494 e. The lowest BCUT2D eigenvalue weighted by Crippen LogP contribution is -2.40. The van der Waals surface area contributed by atoms with Gasteiger partial charge in [0, 0.05) is 31.0 Å². The molecule has 0 bridgehead atoms. The van der Waals surface area contributed by atoms with Gasteiger partial charge in [0.1, 0.15) is 0 Å². The zero-order valence-electron chi connectivity index (χ0n) is 14.8. The fourth-order valence-corrected chi connectivity index (χ4v) is 3.50. The van der Waals surface area contributed by atoms with Gasteiger partial charge in [-0.3, -0.25) is 4.79 Å². The number of hydrogen-bond acceptors (Lipinski definition) is 5. The smallest absolute Gasteiger partial charge is 0.253 e. The maximum Gasteiger partial charge on any atom is 0.253 e. The Morgan fingerprint density at radius 2 is 2.23 bits per heavy atom. The summed E-state index contributed by atoms with van der Waals surface area (Å²) >= 11 is 0. The summed E-state index contributed by atoms with van der Waals surface area (Å²) in [5.41, 5.74) is 0.345. The van der Waals surface area contributed by atoms with Crippen LogP contribution in [0.15, 0.2) is 22.7 Å². The standard InChI is InChI=1S/C19H22FN3O3/c1-25-16-7-6-14(10-15(16)20)19(24)23-8-2-3-12(11-23)9-17-21-18(22-26-17)13-4-5-13/h6-7,10,12-13H,2-5,8-9,11H2,1H3/t12-/m0/s1. The minimum absolute atomic E-state index is 0.140. The fraction of sp³-hybridized carbons (Fsp3) is 0.526. The first kappa shape index (κ1) is 17.0.